The lowest BCUT2D eigenvalue weighted by atomic mass is 10.2. The van der Waals surface area contributed by atoms with Crippen molar-refractivity contribution in [1.29, 1.82) is 0 Å². The molecule has 1 atom stereocenters. The van der Waals surface area contributed by atoms with Gasteiger partial charge in [-0.3, -0.25) is 4.79 Å². The standard InChI is InChI=1S/C12H22N2O6S/c1-13(4-3-6-20-2)12(17)14-5-7-21(18,19)9-10(14)8-11(15)16/h10H,3-9H2,1-2H3,(H,15,16). The number of methoxy groups -OCH3 is 1. The summed E-state index contributed by atoms with van der Waals surface area (Å²) in [6.45, 7) is 1.02. The zero-order chi connectivity index (χ0) is 16.0. The number of sulfone groups is 1. The Hall–Kier alpha value is -1.35. The van der Waals surface area contributed by atoms with E-state index in [1.165, 1.54) is 9.80 Å². The van der Waals surface area contributed by atoms with Gasteiger partial charge < -0.3 is 19.6 Å². The van der Waals surface area contributed by atoms with Gasteiger partial charge in [0.05, 0.1) is 24.0 Å². The summed E-state index contributed by atoms with van der Waals surface area (Å²) in [5.74, 6) is -1.53. The molecule has 2 amide bonds. The van der Waals surface area contributed by atoms with Crippen LogP contribution < -0.4 is 0 Å². The lowest BCUT2D eigenvalue weighted by Crippen LogP contribution is -2.55. The van der Waals surface area contributed by atoms with E-state index in [0.29, 0.717) is 19.6 Å². The predicted molar refractivity (Wildman–Crippen MR) is 75.9 cm³/mol. The summed E-state index contributed by atoms with van der Waals surface area (Å²) in [4.78, 5) is 26.0. The molecule has 1 fully saturated rings. The van der Waals surface area contributed by atoms with Crippen LogP contribution in [0.5, 0.6) is 0 Å². The molecular weight excluding hydrogens is 300 g/mol. The number of nitrogens with zero attached hydrogens (tertiary/aromatic N) is 2. The van der Waals surface area contributed by atoms with Gasteiger partial charge in [0.25, 0.3) is 0 Å². The zero-order valence-corrected chi connectivity index (χ0v) is 13.1. The molecule has 0 aromatic rings. The van der Waals surface area contributed by atoms with Gasteiger partial charge in [0, 0.05) is 33.9 Å². The fourth-order valence-electron chi connectivity index (χ4n) is 2.27. The molecule has 0 aromatic heterocycles. The lowest BCUT2D eigenvalue weighted by molar-refractivity contribution is -0.138. The second-order valence-electron chi connectivity index (χ2n) is 5.11. The Morgan fingerprint density at radius 2 is 2.10 bits per heavy atom. The highest BCUT2D eigenvalue weighted by Crippen LogP contribution is 2.17. The minimum atomic E-state index is -3.29. The molecule has 1 heterocycles. The molecule has 1 aliphatic heterocycles. The van der Waals surface area contributed by atoms with Crippen LogP contribution in [-0.4, -0.2) is 86.7 Å². The van der Waals surface area contributed by atoms with E-state index in [1.807, 2.05) is 0 Å². The fraction of sp³-hybridized carbons (Fsp3) is 0.833. The zero-order valence-electron chi connectivity index (χ0n) is 12.3. The predicted octanol–water partition coefficient (Wildman–Crippen LogP) is -0.352. The van der Waals surface area contributed by atoms with Gasteiger partial charge in [0.1, 0.15) is 0 Å². The van der Waals surface area contributed by atoms with Crippen molar-refractivity contribution < 1.29 is 27.9 Å². The number of aliphatic carboxylic acids is 1. The molecule has 0 bridgehead atoms. The number of rotatable bonds is 6. The number of carbonyl (C=O) groups excluding carboxylic acids is 1. The highest BCUT2D eigenvalue weighted by atomic mass is 32.2. The highest BCUT2D eigenvalue weighted by molar-refractivity contribution is 7.91. The van der Waals surface area contributed by atoms with Crippen LogP contribution in [0.4, 0.5) is 4.79 Å². The first kappa shape index (κ1) is 17.7. The van der Waals surface area contributed by atoms with Crippen molar-refractivity contribution in [2.75, 3.05) is 45.4 Å². The van der Waals surface area contributed by atoms with Gasteiger partial charge in [-0.2, -0.15) is 0 Å². The Morgan fingerprint density at radius 3 is 2.67 bits per heavy atom. The molecule has 122 valence electrons. The SMILES string of the molecule is COCCCN(C)C(=O)N1CCS(=O)(=O)CC1CC(=O)O. The van der Waals surface area contributed by atoms with Crippen molar-refractivity contribution >= 4 is 21.8 Å². The minimum absolute atomic E-state index is 0.0354. The first-order valence-corrected chi connectivity index (χ1v) is 8.52. The molecule has 1 N–H and O–H groups in total. The van der Waals surface area contributed by atoms with E-state index in [-0.39, 0.29) is 30.5 Å². The fourth-order valence-corrected chi connectivity index (χ4v) is 3.80. The number of hydrogen-bond acceptors (Lipinski definition) is 5. The van der Waals surface area contributed by atoms with Gasteiger partial charge in [-0.05, 0) is 6.42 Å². The van der Waals surface area contributed by atoms with Crippen LogP contribution in [-0.2, 0) is 19.4 Å². The summed E-state index contributed by atoms with van der Waals surface area (Å²) in [7, 11) is -0.107. The monoisotopic (exact) mass is 322 g/mol. The molecule has 0 aliphatic carbocycles. The van der Waals surface area contributed by atoms with Crippen LogP contribution in [0.3, 0.4) is 0 Å². The number of carboxylic acid groups (broad SMARTS) is 1. The maximum absolute atomic E-state index is 12.3. The van der Waals surface area contributed by atoms with Crippen LogP contribution >= 0.6 is 0 Å². The van der Waals surface area contributed by atoms with Gasteiger partial charge in [-0.1, -0.05) is 0 Å². The molecule has 0 spiro atoms. The van der Waals surface area contributed by atoms with Gasteiger partial charge in [0.15, 0.2) is 9.84 Å². The molecule has 1 rings (SSSR count). The number of carbonyl (C=O) groups is 2. The lowest BCUT2D eigenvalue weighted by Gasteiger charge is -2.37. The maximum Gasteiger partial charge on any atom is 0.320 e. The van der Waals surface area contributed by atoms with Crippen LogP contribution in [0.15, 0.2) is 0 Å². The van der Waals surface area contributed by atoms with Crippen LogP contribution in [0.1, 0.15) is 12.8 Å². The number of urea groups is 1. The summed E-state index contributed by atoms with van der Waals surface area (Å²) in [5, 5.41) is 8.88. The van der Waals surface area contributed by atoms with Crippen LogP contribution in [0, 0.1) is 0 Å². The van der Waals surface area contributed by atoms with E-state index in [9.17, 15) is 18.0 Å². The molecule has 8 nitrogen and oxygen atoms in total. The van der Waals surface area contributed by atoms with Crippen molar-refractivity contribution in [2.45, 2.75) is 18.9 Å². The average Bonchev–Trinajstić information content (AvgIpc) is 2.36. The number of carboxylic acids is 1. The van der Waals surface area contributed by atoms with E-state index in [1.54, 1.807) is 14.2 Å². The van der Waals surface area contributed by atoms with Crippen molar-refractivity contribution in [2.24, 2.45) is 0 Å². The first-order valence-electron chi connectivity index (χ1n) is 6.69. The summed E-state index contributed by atoms with van der Waals surface area (Å²) < 4.78 is 28.2. The van der Waals surface area contributed by atoms with Crippen molar-refractivity contribution in [1.82, 2.24) is 9.80 Å². The Morgan fingerprint density at radius 1 is 1.43 bits per heavy atom. The Labute approximate surface area is 124 Å². The smallest absolute Gasteiger partial charge is 0.320 e. The quantitative estimate of drug-likeness (QED) is 0.670. The van der Waals surface area contributed by atoms with Crippen molar-refractivity contribution in [3.05, 3.63) is 0 Å². The molecule has 1 saturated heterocycles. The topological polar surface area (TPSA) is 104 Å². The summed E-state index contributed by atoms with van der Waals surface area (Å²) >= 11 is 0. The van der Waals surface area contributed by atoms with Gasteiger partial charge in [0.2, 0.25) is 0 Å². The highest BCUT2D eigenvalue weighted by Gasteiger charge is 2.36. The van der Waals surface area contributed by atoms with Gasteiger partial charge in [-0.15, -0.1) is 0 Å². The Kier molecular flexibility index (Phi) is 6.41. The van der Waals surface area contributed by atoms with E-state index in [4.69, 9.17) is 9.84 Å². The number of ether oxygens (including phenoxy) is 1. The summed E-state index contributed by atoms with van der Waals surface area (Å²) in [6.07, 6.45) is 0.297. The third-order valence-corrected chi connectivity index (χ3v) is 5.05. The normalized spacial score (nSPS) is 21.0. The van der Waals surface area contributed by atoms with E-state index < -0.39 is 21.8 Å². The number of hydrogen-bond donors (Lipinski definition) is 1. The summed E-state index contributed by atoms with van der Waals surface area (Å²) in [6, 6.07) is -1.15. The average molecular weight is 322 g/mol. The maximum atomic E-state index is 12.3. The van der Waals surface area contributed by atoms with E-state index in [0.717, 1.165) is 0 Å². The molecule has 0 radical (unpaired) electrons. The van der Waals surface area contributed by atoms with Crippen LogP contribution in [0.25, 0.3) is 0 Å². The van der Waals surface area contributed by atoms with Crippen LogP contribution in [0.2, 0.25) is 0 Å². The molecule has 0 aromatic carbocycles. The Balaban J connectivity index is 2.72. The molecule has 0 saturated carbocycles. The van der Waals surface area contributed by atoms with E-state index in [2.05, 4.69) is 0 Å². The molecule has 9 heteroatoms. The number of amides is 2. The van der Waals surface area contributed by atoms with Crippen molar-refractivity contribution in [3.63, 3.8) is 0 Å². The van der Waals surface area contributed by atoms with Gasteiger partial charge >= 0.3 is 12.0 Å². The second-order valence-corrected chi connectivity index (χ2v) is 7.34. The third kappa shape index (κ3) is 5.50. The van der Waals surface area contributed by atoms with Crippen molar-refractivity contribution in [3.8, 4) is 0 Å². The second kappa shape index (κ2) is 7.60. The first-order chi connectivity index (χ1) is 9.76. The minimum Gasteiger partial charge on any atom is -0.481 e. The largest absolute Gasteiger partial charge is 0.481 e. The summed E-state index contributed by atoms with van der Waals surface area (Å²) in [5.41, 5.74) is 0. The molecule has 1 aliphatic rings. The Bertz CT molecular complexity index is 478. The molecule has 21 heavy (non-hydrogen) atoms. The molecule has 1 unspecified atom stereocenters. The molecular formula is C12H22N2O6S. The van der Waals surface area contributed by atoms with E-state index >= 15 is 0 Å². The van der Waals surface area contributed by atoms with Gasteiger partial charge in [-0.25, -0.2) is 13.2 Å². The third-order valence-electron chi connectivity index (χ3n) is 3.35.